The first-order valence-corrected chi connectivity index (χ1v) is 8.53. The van der Waals surface area contributed by atoms with Crippen LogP contribution in [0, 0.1) is 0 Å². The Morgan fingerprint density at radius 1 is 1.00 bits per heavy atom. The highest BCUT2D eigenvalue weighted by atomic mass is 16.5. The van der Waals surface area contributed by atoms with Crippen molar-refractivity contribution in [2.75, 3.05) is 6.61 Å². The summed E-state index contributed by atoms with van der Waals surface area (Å²) in [6.07, 6.45) is 4.15. The van der Waals surface area contributed by atoms with E-state index in [2.05, 4.69) is 24.0 Å². The third kappa shape index (κ3) is 3.50. The second kappa shape index (κ2) is 7.34. The lowest BCUT2D eigenvalue weighted by Gasteiger charge is -2.05. The largest absolute Gasteiger partial charge is 0.506 e. The number of phenols is 1. The van der Waals surface area contributed by atoms with E-state index >= 15 is 0 Å². The lowest BCUT2D eigenvalue weighted by atomic mass is 10.1. The number of hydrogen-bond donors (Lipinski definition) is 1. The monoisotopic (exact) mass is 325 g/mol. The molecule has 24 heavy (non-hydrogen) atoms. The van der Waals surface area contributed by atoms with Crippen molar-refractivity contribution >= 4 is 11.0 Å². The second-order valence-electron chi connectivity index (χ2n) is 5.92. The number of phenolic OH excluding ortho intramolecular Hbond substituents is 1. The maximum atomic E-state index is 10.2. The van der Waals surface area contributed by atoms with Crippen molar-refractivity contribution in [3.8, 4) is 17.2 Å². The molecule has 0 amide bonds. The maximum absolute atomic E-state index is 10.2. The topological polar surface area (TPSA) is 60.2 Å². The zero-order valence-corrected chi connectivity index (χ0v) is 14.2. The van der Waals surface area contributed by atoms with Crippen molar-refractivity contribution in [2.45, 2.75) is 39.5 Å². The molecule has 3 rings (SSSR count). The molecule has 5 heteroatoms. The molecule has 0 unspecified atom stereocenters. The molecule has 0 aliphatic heterocycles. The molecule has 126 valence electrons. The van der Waals surface area contributed by atoms with E-state index in [1.807, 2.05) is 30.3 Å². The molecule has 0 saturated heterocycles. The Hall–Kier alpha value is -2.56. The Kier molecular flexibility index (Phi) is 4.99. The number of rotatable bonds is 7. The molecule has 0 aliphatic carbocycles. The van der Waals surface area contributed by atoms with E-state index in [0.717, 1.165) is 48.0 Å². The highest BCUT2D eigenvalue weighted by Crippen LogP contribution is 2.25. The van der Waals surface area contributed by atoms with E-state index in [1.54, 1.807) is 6.07 Å². The summed E-state index contributed by atoms with van der Waals surface area (Å²) in [5.74, 6) is 0.974. The quantitative estimate of drug-likeness (QED) is 0.659. The summed E-state index contributed by atoms with van der Waals surface area (Å²) in [5, 5.41) is 19.1. The van der Waals surface area contributed by atoms with Crippen LogP contribution < -0.4 is 4.74 Å². The standard InChI is InChI=1S/C19H23N3O2/c1-3-5-11-24-15-8-9-16-17(13-15)21-22(20-16)18-12-14(6-4-2)7-10-19(18)23/h7-10,12-13,23H,3-6,11H2,1-2H3. The minimum absolute atomic E-state index is 0.176. The number of fused-ring (bicyclic) bond motifs is 1. The molecule has 0 spiro atoms. The summed E-state index contributed by atoms with van der Waals surface area (Å²) in [7, 11) is 0. The van der Waals surface area contributed by atoms with Crippen molar-refractivity contribution < 1.29 is 9.84 Å². The fraction of sp³-hybridized carbons (Fsp3) is 0.368. The Labute approximate surface area is 141 Å². The van der Waals surface area contributed by atoms with Crippen LogP contribution in [-0.4, -0.2) is 26.7 Å². The number of unbranched alkanes of at least 4 members (excludes halogenated alkanes) is 1. The molecule has 1 N–H and O–H groups in total. The van der Waals surface area contributed by atoms with Gasteiger partial charge in [0.2, 0.25) is 0 Å². The van der Waals surface area contributed by atoms with E-state index in [9.17, 15) is 5.11 Å². The van der Waals surface area contributed by atoms with Crippen LogP contribution in [-0.2, 0) is 6.42 Å². The third-order valence-corrected chi connectivity index (χ3v) is 3.91. The minimum Gasteiger partial charge on any atom is -0.506 e. The van der Waals surface area contributed by atoms with Gasteiger partial charge in [0.05, 0.1) is 6.61 Å². The smallest absolute Gasteiger partial charge is 0.143 e. The van der Waals surface area contributed by atoms with E-state index < -0.39 is 0 Å². The highest BCUT2D eigenvalue weighted by molar-refractivity contribution is 5.75. The number of aromatic hydroxyl groups is 1. The molecular weight excluding hydrogens is 302 g/mol. The zero-order valence-electron chi connectivity index (χ0n) is 14.2. The molecular formula is C19H23N3O2. The van der Waals surface area contributed by atoms with Crippen molar-refractivity contribution in [3.05, 3.63) is 42.0 Å². The van der Waals surface area contributed by atoms with E-state index in [-0.39, 0.29) is 5.75 Å². The fourth-order valence-corrected chi connectivity index (χ4v) is 2.60. The summed E-state index contributed by atoms with van der Waals surface area (Å²) >= 11 is 0. The van der Waals surface area contributed by atoms with Gasteiger partial charge in [-0.25, -0.2) is 0 Å². The summed E-state index contributed by atoms with van der Waals surface area (Å²) in [4.78, 5) is 1.50. The number of aryl methyl sites for hydroxylation is 1. The first-order valence-electron chi connectivity index (χ1n) is 8.53. The Morgan fingerprint density at radius 3 is 2.62 bits per heavy atom. The fourth-order valence-electron chi connectivity index (χ4n) is 2.60. The van der Waals surface area contributed by atoms with Crippen LogP contribution in [0.5, 0.6) is 11.5 Å². The first kappa shape index (κ1) is 16.3. The molecule has 5 nitrogen and oxygen atoms in total. The number of aromatic nitrogens is 3. The molecule has 0 fully saturated rings. The molecule has 0 saturated carbocycles. The second-order valence-corrected chi connectivity index (χ2v) is 5.92. The van der Waals surface area contributed by atoms with Gasteiger partial charge >= 0.3 is 0 Å². The summed E-state index contributed by atoms with van der Waals surface area (Å²) in [6, 6.07) is 11.3. The van der Waals surface area contributed by atoms with Gasteiger partial charge in [-0.3, -0.25) is 0 Å². The van der Waals surface area contributed by atoms with Crippen LogP contribution in [0.15, 0.2) is 36.4 Å². The van der Waals surface area contributed by atoms with Crippen molar-refractivity contribution in [2.24, 2.45) is 0 Å². The number of hydrogen-bond acceptors (Lipinski definition) is 4. The first-order chi connectivity index (χ1) is 11.7. The molecule has 0 radical (unpaired) electrons. The zero-order chi connectivity index (χ0) is 16.9. The van der Waals surface area contributed by atoms with Crippen molar-refractivity contribution in [1.29, 1.82) is 0 Å². The molecule has 1 heterocycles. The molecule has 0 aliphatic rings. The van der Waals surface area contributed by atoms with Crippen molar-refractivity contribution in [3.63, 3.8) is 0 Å². The van der Waals surface area contributed by atoms with Gasteiger partial charge in [-0.1, -0.05) is 32.8 Å². The summed E-state index contributed by atoms with van der Waals surface area (Å²) < 4.78 is 5.72. The Balaban J connectivity index is 1.91. The summed E-state index contributed by atoms with van der Waals surface area (Å²) in [6.45, 7) is 4.97. The van der Waals surface area contributed by atoms with Crippen LogP contribution in [0.1, 0.15) is 38.7 Å². The van der Waals surface area contributed by atoms with E-state index in [0.29, 0.717) is 12.3 Å². The van der Waals surface area contributed by atoms with Crippen LogP contribution in [0.25, 0.3) is 16.7 Å². The van der Waals surface area contributed by atoms with E-state index in [4.69, 9.17) is 4.74 Å². The van der Waals surface area contributed by atoms with E-state index in [1.165, 1.54) is 4.80 Å². The number of benzene rings is 2. The van der Waals surface area contributed by atoms with Crippen LogP contribution in [0.3, 0.4) is 0 Å². The van der Waals surface area contributed by atoms with Gasteiger partial charge in [-0.05, 0) is 42.7 Å². The van der Waals surface area contributed by atoms with Crippen LogP contribution >= 0.6 is 0 Å². The van der Waals surface area contributed by atoms with Crippen molar-refractivity contribution in [1.82, 2.24) is 15.0 Å². The molecule has 3 aromatic rings. The van der Waals surface area contributed by atoms with Gasteiger partial charge < -0.3 is 9.84 Å². The van der Waals surface area contributed by atoms with Gasteiger partial charge in [0.1, 0.15) is 28.2 Å². The molecule has 0 bridgehead atoms. The van der Waals surface area contributed by atoms with Gasteiger partial charge in [-0.2, -0.15) is 0 Å². The van der Waals surface area contributed by atoms with Gasteiger partial charge in [0.15, 0.2) is 0 Å². The van der Waals surface area contributed by atoms with Gasteiger partial charge in [-0.15, -0.1) is 15.0 Å². The maximum Gasteiger partial charge on any atom is 0.143 e. The highest BCUT2D eigenvalue weighted by Gasteiger charge is 2.10. The third-order valence-electron chi connectivity index (χ3n) is 3.91. The molecule has 0 atom stereocenters. The minimum atomic E-state index is 0.176. The van der Waals surface area contributed by atoms with Crippen LogP contribution in [0.2, 0.25) is 0 Å². The Morgan fingerprint density at radius 2 is 1.83 bits per heavy atom. The normalized spacial score (nSPS) is 11.1. The number of ether oxygens (including phenoxy) is 1. The lowest BCUT2D eigenvalue weighted by molar-refractivity contribution is 0.310. The average molecular weight is 325 g/mol. The van der Waals surface area contributed by atoms with Gasteiger partial charge in [0.25, 0.3) is 0 Å². The summed E-state index contributed by atoms with van der Waals surface area (Å²) in [5.41, 5.74) is 3.29. The molecule has 2 aromatic carbocycles. The lowest BCUT2D eigenvalue weighted by Crippen LogP contribution is -2.00. The molecule has 1 aromatic heterocycles. The Bertz CT molecular complexity index is 827. The van der Waals surface area contributed by atoms with Crippen LogP contribution in [0.4, 0.5) is 0 Å². The predicted molar refractivity (Wildman–Crippen MR) is 94.9 cm³/mol. The average Bonchev–Trinajstić information content (AvgIpc) is 3.00. The van der Waals surface area contributed by atoms with Gasteiger partial charge in [0, 0.05) is 6.07 Å². The predicted octanol–water partition coefficient (Wildman–Crippen LogP) is 4.26. The number of nitrogens with zero attached hydrogens (tertiary/aromatic N) is 3. The SMILES string of the molecule is CCCCOc1ccc2nn(-c3cc(CCC)ccc3O)nc2c1.